The van der Waals surface area contributed by atoms with Crippen LogP contribution in [0.3, 0.4) is 0 Å². The number of benzene rings is 3. The third kappa shape index (κ3) is 6.69. The van der Waals surface area contributed by atoms with Crippen LogP contribution in [0.2, 0.25) is 0 Å². The maximum absolute atomic E-state index is 13.7. The molecule has 6 rings (SSSR count). The van der Waals surface area contributed by atoms with Gasteiger partial charge in [0.05, 0.1) is 24.2 Å². The summed E-state index contributed by atoms with van der Waals surface area (Å²) < 4.78 is 70.1. The van der Waals surface area contributed by atoms with Crippen molar-refractivity contribution in [3.63, 3.8) is 0 Å². The van der Waals surface area contributed by atoms with Crippen LogP contribution in [-0.2, 0) is 26.0 Å². The summed E-state index contributed by atoms with van der Waals surface area (Å²) in [5, 5.41) is 6.88. The average Bonchev–Trinajstić information content (AvgIpc) is 3.33. The van der Waals surface area contributed by atoms with Gasteiger partial charge in [-0.15, -0.1) is 0 Å². The lowest BCUT2D eigenvalue weighted by Gasteiger charge is -2.28. The van der Waals surface area contributed by atoms with Crippen LogP contribution >= 0.6 is 0 Å². The van der Waals surface area contributed by atoms with Crippen LogP contribution in [-0.4, -0.2) is 56.5 Å². The van der Waals surface area contributed by atoms with Crippen LogP contribution in [0, 0.1) is 0 Å². The van der Waals surface area contributed by atoms with Crippen LogP contribution in [0.4, 0.5) is 14.5 Å². The third-order valence-electron chi connectivity index (χ3n) is 7.93. The summed E-state index contributed by atoms with van der Waals surface area (Å²) in [6, 6.07) is 16.6. The van der Waals surface area contributed by atoms with Crippen molar-refractivity contribution >= 4 is 33.5 Å². The highest BCUT2D eigenvalue weighted by Gasteiger charge is 2.36. The number of nitrogens with zero attached hydrogens (tertiary/aromatic N) is 1. The Kier molecular flexibility index (Phi) is 8.08. The van der Waals surface area contributed by atoms with Crippen LogP contribution in [0.1, 0.15) is 47.9 Å². The van der Waals surface area contributed by atoms with E-state index in [2.05, 4.69) is 10.6 Å². The van der Waals surface area contributed by atoms with Crippen LogP contribution in [0.25, 0.3) is 6.20 Å². The minimum atomic E-state index is -3.56. The van der Waals surface area contributed by atoms with Crippen molar-refractivity contribution < 1.29 is 41.0 Å². The molecule has 13 heteroatoms. The number of ether oxygens (including phenoxy) is 3. The van der Waals surface area contributed by atoms with E-state index in [0.29, 0.717) is 42.6 Å². The Bertz CT molecular complexity index is 1910. The van der Waals surface area contributed by atoms with Crippen molar-refractivity contribution in [2.75, 3.05) is 18.3 Å². The van der Waals surface area contributed by atoms with E-state index in [4.69, 9.17) is 14.2 Å². The number of alkyl halides is 2. The number of hydrogen-bond donors (Lipinski definition) is 2. The fourth-order valence-electron chi connectivity index (χ4n) is 5.53. The fourth-order valence-corrected chi connectivity index (χ4v) is 7.21. The highest BCUT2D eigenvalue weighted by atomic mass is 32.2. The van der Waals surface area contributed by atoms with Crippen LogP contribution < -0.4 is 35.3 Å². The predicted molar refractivity (Wildman–Crippen MR) is 160 cm³/mol. The van der Waals surface area contributed by atoms with E-state index >= 15 is 0 Å². The van der Waals surface area contributed by atoms with E-state index in [0.717, 1.165) is 21.8 Å². The molecule has 3 unspecified atom stereocenters. The van der Waals surface area contributed by atoms with Crippen molar-refractivity contribution in [3.05, 3.63) is 87.9 Å². The van der Waals surface area contributed by atoms with Crippen LogP contribution in [0.5, 0.6) is 11.5 Å². The molecule has 3 aromatic carbocycles. The van der Waals surface area contributed by atoms with E-state index < -0.39 is 39.9 Å². The molecule has 3 heterocycles. The standard InChI is InChI=1S/C32H31F2N3O7S/c1-19(35-31(39)32(2,33)34)29(20-6-7-22-16-42-18-43-28(22)14-20)44-26-8-9-27-23(13-26)15-37(27)25-5-3-4-21(12-25)30(38)36-24-10-11-45(40,41)17-24/h3-9,12-15,19,24,29H,10-11,16-18H2,1-2H3,(H-,35,36,38,39)/p+1. The first-order valence-corrected chi connectivity index (χ1v) is 16.3. The molecule has 0 saturated carbocycles. The summed E-state index contributed by atoms with van der Waals surface area (Å²) in [4.78, 5) is 25.0. The molecule has 3 aromatic rings. The van der Waals surface area contributed by atoms with Gasteiger partial charge in [0.1, 0.15) is 22.8 Å². The van der Waals surface area contributed by atoms with Gasteiger partial charge >= 0.3 is 5.92 Å². The summed E-state index contributed by atoms with van der Waals surface area (Å²) >= 11 is 0. The van der Waals surface area contributed by atoms with Crippen molar-refractivity contribution in [1.82, 2.24) is 15.2 Å². The molecular weight excluding hydrogens is 608 g/mol. The molecule has 0 aliphatic carbocycles. The molecule has 0 radical (unpaired) electrons. The minimum Gasteiger partial charge on any atom is -0.484 e. The van der Waals surface area contributed by atoms with E-state index in [1.54, 1.807) is 43.3 Å². The Morgan fingerprint density at radius 3 is 2.67 bits per heavy atom. The maximum atomic E-state index is 13.7. The average molecular weight is 641 g/mol. The first-order chi connectivity index (χ1) is 21.4. The molecule has 45 heavy (non-hydrogen) atoms. The lowest BCUT2D eigenvalue weighted by atomic mass is 10.00. The number of hydrogen-bond acceptors (Lipinski definition) is 7. The van der Waals surface area contributed by atoms with E-state index in [-0.39, 0.29) is 24.2 Å². The number of halogens is 2. The number of nitrogens with one attached hydrogen (secondary N) is 2. The molecule has 1 fully saturated rings. The number of rotatable bonds is 9. The molecule has 2 N–H and O–H groups in total. The van der Waals surface area contributed by atoms with Crippen molar-refractivity contribution in [3.8, 4) is 11.5 Å². The van der Waals surface area contributed by atoms with Gasteiger partial charge < -0.3 is 24.8 Å². The molecule has 3 atom stereocenters. The zero-order valence-electron chi connectivity index (χ0n) is 24.6. The molecule has 0 bridgehead atoms. The Morgan fingerprint density at radius 2 is 1.93 bits per heavy atom. The smallest absolute Gasteiger partial charge is 0.321 e. The van der Waals surface area contributed by atoms with E-state index in [1.165, 1.54) is 0 Å². The highest BCUT2D eigenvalue weighted by Crippen LogP contribution is 2.31. The molecule has 3 aliphatic heterocycles. The third-order valence-corrected chi connectivity index (χ3v) is 9.70. The van der Waals surface area contributed by atoms with Gasteiger partial charge in [-0.3, -0.25) is 9.59 Å². The molecule has 236 valence electrons. The van der Waals surface area contributed by atoms with Gasteiger partial charge in [0.25, 0.3) is 11.8 Å². The number of amides is 2. The van der Waals surface area contributed by atoms with Crippen molar-refractivity contribution in [2.45, 2.75) is 51.0 Å². The Morgan fingerprint density at radius 1 is 1.11 bits per heavy atom. The Labute approximate surface area is 258 Å². The quantitative estimate of drug-likeness (QED) is 0.345. The second-order valence-electron chi connectivity index (χ2n) is 11.5. The summed E-state index contributed by atoms with van der Waals surface area (Å²) in [6.07, 6.45) is 1.44. The SMILES string of the molecule is CC(NC(=O)C(C)(F)F)C(Oc1ccc2c(c1)=C[N+]=2c1cccc(C(=O)NC2CCS(=O)(=O)C2)c1)c1ccc2c(c1)OCOC2. The molecule has 0 aromatic heterocycles. The Balaban J connectivity index is 1.23. The topological polar surface area (TPSA) is 123 Å². The lowest BCUT2D eigenvalue weighted by molar-refractivity contribution is -0.144. The van der Waals surface area contributed by atoms with Gasteiger partial charge in [0.15, 0.2) is 22.8 Å². The second-order valence-corrected chi connectivity index (χ2v) is 13.7. The lowest BCUT2D eigenvalue weighted by Crippen LogP contribution is -2.46. The van der Waals surface area contributed by atoms with Gasteiger partial charge in [-0.1, -0.05) is 18.2 Å². The normalized spacial score (nSPS) is 19.5. The number of sulfone groups is 1. The Hall–Kier alpha value is -4.36. The van der Waals surface area contributed by atoms with Gasteiger partial charge in [-0.05, 0) is 37.1 Å². The summed E-state index contributed by atoms with van der Waals surface area (Å²) in [5.74, 6) is -4.23. The highest BCUT2D eigenvalue weighted by molar-refractivity contribution is 7.91. The predicted octanol–water partition coefficient (Wildman–Crippen LogP) is 2.32. The molecule has 2 amide bonds. The molecule has 10 nitrogen and oxygen atoms in total. The summed E-state index contributed by atoms with van der Waals surface area (Å²) in [5.41, 5.74) is 2.62. The van der Waals surface area contributed by atoms with Crippen molar-refractivity contribution in [1.29, 1.82) is 0 Å². The van der Waals surface area contributed by atoms with E-state index in [9.17, 15) is 26.8 Å². The zero-order valence-corrected chi connectivity index (χ0v) is 25.4. The molecule has 1 saturated heterocycles. The molecular formula is C32H32F2N3O7S+. The monoisotopic (exact) mass is 640 g/mol. The maximum Gasteiger partial charge on any atom is 0.321 e. The first-order valence-electron chi connectivity index (χ1n) is 14.4. The van der Waals surface area contributed by atoms with Gasteiger partial charge in [0, 0.05) is 48.4 Å². The fraction of sp³-hybridized carbons (Fsp3) is 0.344. The number of fused-ring (bicyclic) bond motifs is 2. The largest absolute Gasteiger partial charge is 0.484 e. The van der Waals surface area contributed by atoms with E-state index in [1.807, 2.05) is 35.0 Å². The van der Waals surface area contributed by atoms with Crippen LogP contribution in [0.15, 0.2) is 60.7 Å². The minimum absolute atomic E-state index is 0.0532. The summed E-state index contributed by atoms with van der Waals surface area (Å²) in [6.45, 7) is 2.61. The summed E-state index contributed by atoms with van der Waals surface area (Å²) in [7, 11) is -3.12. The number of carbonyl (C=O) groups is 2. The first kappa shape index (κ1) is 30.7. The number of carbonyl (C=O) groups excluding carboxylic acids is 2. The second kappa shape index (κ2) is 11.9. The van der Waals surface area contributed by atoms with Gasteiger partial charge in [0.2, 0.25) is 11.0 Å². The van der Waals surface area contributed by atoms with Crippen molar-refractivity contribution in [2.24, 2.45) is 0 Å². The van der Waals surface area contributed by atoms with Gasteiger partial charge in [-0.25, -0.2) is 8.42 Å². The zero-order chi connectivity index (χ0) is 31.9. The molecule has 3 aliphatic rings. The molecule has 0 spiro atoms. The van der Waals surface area contributed by atoms with Gasteiger partial charge in [-0.2, -0.15) is 13.4 Å².